The molecule has 0 fully saturated rings. The van der Waals surface area contributed by atoms with Gasteiger partial charge in [-0.3, -0.25) is 9.78 Å². The lowest BCUT2D eigenvalue weighted by Gasteiger charge is -2.06. The van der Waals surface area contributed by atoms with Crippen molar-refractivity contribution in [2.75, 3.05) is 5.32 Å². The van der Waals surface area contributed by atoms with E-state index >= 15 is 0 Å². The number of aromatic nitrogens is 4. The molecule has 3 aromatic heterocycles. The van der Waals surface area contributed by atoms with Crippen molar-refractivity contribution in [3.63, 3.8) is 0 Å². The largest absolute Gasteiger partial charge is 0.332 e. The highest BCUT2D eigenvalue weighted by molar-refractivity contribution is 6.03. The monoisotopic (exact) mass is 279 g/mol. The highest BCUT2D eigenvalue weighted by Crippen LogP contribution is 2.16. The minimum absolute atomic E-state index is 0.271. The molecule has 3 heterocycles. The summed E-state index contributed by atoms with van der Waals surface area (Å²) in [5.74, 6) is -0.271. The van der Waals surface area contributed by atoms with Crippen molar-refractivity contribution in [3.05, 3.63) is 60.9 Å². The van der Waals surface area contributed by atoms with Gasteiger partial charge in [0, 0.05) is 13.2 Å². The summed E-state index contributed by atoms with van der Waals surface area (Å²) in [5, 5.41) is 2.76. The minimum atomic E-state index is -0.271. The standard InChI is InChI=1S/C15H13N5O/c1-20-10-17-9-14(20)12-5-2-6-13(19-12)15(21)18-11-4-3-7-16-8-11/h2-10H,1H3,(H,18,21). The van der Waals surface area contributed by atoms with E-state index < -0.39 is 0 Å². The number of nitrogens with zero attached hydrogens (tertiary/aromatic N) is 4. The minimum Gasteiger partial charge on any atom is -0.332 e. The molecule has 6 heteroatoms. The normalized spacial score (nSPS) is 10.3. The average molecular weight is 279 g/mol. The molecule has 3 rings (SSSR count). The van der Waals surface area contributed by atoms with Crippen molar-refractivity contribution in [2.24, 2.45) is 7.05 Å². The summed E-state index contributed by atoms with van der Waals surface area (Å²) in [5.41, 5.74) is 2.53. The maximum atomic E-state index is 12.2. The Hall–Kier alpha value is -3.02. The predicted molar refractivity (Wildman–Crippen MR) is 78.6 cm³/mol. The first-order valence-electron chi connectivity index (χ1n) is 6.39. The van der Waals surface area contributed by atoms with Gasteiger partial charge in [0.1, 0.15) is 5.69 Å². The van der Waals surface area contributed by atoms with Gasteiger partial charge < -0.3 is 9.88 Å². The van der Waals surface area contributed by atoms with E-state index in [1.807, 2.05) is 17.7 Å². The maximum Gasteiger partial charge on any atom is 0.274 e. The van der Waals surface area contributed by atoms with Gasteiger partial charge in [0.05, 0.1) is 35.8 Å². The number of rotatable bonds is 3. The third kappa shape index (κ3) is 2.79. The van der Waals surface area contributed by atoms with Gasteiger partial charge in [0.15, 0.2) is 0 Å². The molecule has 6 nitrogen and oxygen atoms in total. The zero-order valence-electron chi connectivity index (χ0n) is 11.4. The number of anilines is 1. The Kier molecular flexibility index (Phi) is 3.42. The number of amides is 1. The number of aryl methyl sites for hydroxylation is 1. The lowest BCUT2D eigenvalue weighted by molar-refractivity contribution is 0.102. The fourth-order valence-corrected chi connectivity index (χ4v) is 1.94. The van der Waals surface area contributed by atoms with E-state index in [1.54, 1.807) is 49.2 Å². The molecule has 21 heavy (non-hydrogen) atoms. The molecule has 3 aromatic rings. The lowest BCUT2D eigenvalue weighted by atomic mass is 10.2. The topological polar surface area (TPSA) is 72.7 Å². The number of carbonyl (C=O) groups is 1. The van der Waals surface area contributed by atoms with Gasteiger partial charge in [-0.1, -0.05) is 6.07 Å². The summed E-state index contributed by atoms with van der Waals surface area (Å²) in [6.07, 6.45) is 6.64. The zero-order chi connectivity index (χ0) is 14.7. The lowest BCUT2D eigenvalue weighted by Crippen LogP contribution is -2.14. The van der Waals surface area contributed by atoms with Gasteiger partial charge in [-0.05, 0) is 24.3 Å². The third-order valence-corrected chi connectivity index (χ3v) is 2.98. The summed E-state index contributed by atoms with van der Waals surface area (Å²) >= 11 is 0. The Bertz CT molecular complexity index is 766. The quantitative estimate of drug-likeness (QED) is 0.797. The van der Waals surface area contributed by atoms with Crippen LogP contribution in [-0.2, 0) is 7.05 Å². The molecule has 1 amide bonds. The molecule has 0 aliphatic heterocycles. The van der Waals surface area contributed by atoms with Crippen molar-refractivity contribution in [1.82, 2.24) is 19.5 Å². The SMILES string of the molecule is Cn1cncc1-c1cccc(C(=O)Nc2cccnc2)n1. The van der Waals surface area contributed by atoms with Gasteiger partial charge in [0.2, 0.25) is 0 Å². The van der Waals surface area contributed by atoms with E-state index in [0.717, 1.165) is 5.69 Å². The maximum absolute atomic E-state index is 12.2. The highest BCUT2D eigenvalue weighted by Gasteiger charge is 2.10. The number of carbonyl (C=O) groups excluding carboxylic acids is 1. The van der Waals surface area contributed by atoms with Gasteiger partial charge in [-0.2, -0.15) is 0 Å². The van der Waals surface area contributed by atoms with E-state index in [1.165, 1.54) is 0 Å². The first kappa shape index (κ1) is 13.0. The zero-order valence-corrected chi connectivity index (χ0v) is 11.4. The van der Waals surface area contributed by atoms with Crippen LogP contribution in [0.4, 0.5) is 5.69 Å². The highest BCUT2D eigenvalue weighted by atomic mass is 16.1. The van der Waals surface area contributed by atoms with E-state index in [-0.39, 0.29) is 5.91 Å². The predicted octanol–water partition coefficient (Wildman–Crippen LogP) is 2.13. The summed E-state index contributed by atoms with van der Waals surface area (Å²) < 4.78 is 1.85. The number of hydrogen-bond donors (Lipinski definition) is 1. The Morgan fingerprint density at radius 3 is 2.76 bits per heavy atom. The van der Waals surface area contributed by atoms with Crippen LogP contribution in [-0.4, -0.2) is 25.4 Å². The Morgan fingerprint density at radius 1 is 1.14 bits per heavy atom. The van der Waals surface area contributed by atoms with Crippen molar-refractivity contribution < 1.29 is 4.79 Å². The molecule has 0 spiro atoms. The molecule has 104 valence electrons. The van der Waals surface area contributed by atoms with Crippen LogP contribution in [0.2, 0.25) is 0 Å². The third-order valence-electron chi connectivity index (χ3n) is 2.98. The Balaban J connectivity index is 1.86. The number of nitrogens with one attached hydrogen (secondary N) is 1. The molecule has 0 atom stereocenters. The van der Waals surface area contributed by atoms with E-state index in [4.69, 9.17) is 0 Å². The number of pyridine rings is 2. The molecule has 0 unspecified atom stereocenters. The molecule has 0 aliphatic rings. The van der Waals surface area contributed by atoms with Crippen molar-refractivity contribution >= 4 is 11.6 Å². The number of hydrogen-bond acceptors (Lipinski definition) is 4. The first-order chi connectivity index (χ1) is 10.2. The Morgan fingerprint density at radius 2 is 2.05 bits per heavy atom. The summed E-state index contributed by atoms with van der Waals surface area (Å²) in [6.45, 7) is 0. The molecule has 0 aliphatic carbocycles. The molecule has 0 radical (unpaired) electrons. The van der Waals surface area contributed by atoms with Crippen LogP contribution in [0, 0.1) is 0 Å². The van der Waals surface area contributed by atoms with E-state index in [9.17, 15) is 4.79 Å². The first-order valence-corrected chi connectivity index (χ1v) is 6.39. The van der Waals surface area contributed by atoms with Gasteiger partial charge in [0.25, 0.3) is 5.91 Å². The second-order valence-electron chi connectivity index (χ2n) is 4.49. The second kappa shape index (κ2) is 5.54. The van der Waals surface area contributed by atoms with Crippen LogP contribution in [0.15, 0.2) is 55.2 Å². The molecule has 0 saturated heterocycles. The van der Waals surface area contributed by atoms with Crippen LogP contribution < -0.4 is 5.32 Å². The molecule has 0 saturated carbocycles. The molecule has 1 N–H and O–H groups in total. The summed E-state index contributed by atoms with van der Waals surface area (Å²) in [4.78, 5) is 24.6. The van der Waals surface area contributed by atoms with Crippen molar-refractivity contribution in [3.8, 4) is 11.4 Å². The van der Waals surface area contributed by atoms with Gasteiger partial charge in [-0.25, -0.2) is 9.97 Å². The second-order valence-corrected chi connectivity index (χ2v) is 4.49. The van der Waals surface area contributed by atoms with Crippen molar-refractivity contribution in [2.45, 2.75) is 0 Å². The van der Waals surface area contributed by atoms with Crippen LogP contribution >= 0.6 is 0 Å². The van der Waals surface area contributed by atoms with Crippen molar-refractivity contribution in [1.29, 1.82) is 0 Å². The van der Waals surface area contributed by atoms with Crippen LogP contribution in [0.1, 0.15) is 10.5 Å². The molecule has 0 bridgehead atoms. The molecular formula is C15H13N5O. The molecular weight excluding hydrogens is 266 g/mol. The average Bonchev–Trinajstić information content (AvgIpc) is 2.94. The summed E-state index contributed by atoms with van der Waals surface area (Å²) in [6, 6.07) is 8.85. The Labute approximate surface area is 121 Å². The van der Waals surface area contributed by atoms with E-state index in [2.05, 4.69) is 20.3 Å². The van der Waals surface area contributed by atoms with Crippen LogP contribution in [0.5, 0.6) is 0 Å². The van der Waals surface area contributed by atoms with Gasteiger partial charge in [-0.15, -0.1) is 0 Å². The van der Waals surface area contributed by atoms with Gasteiger partial charge >= 0.3 is 0 Å². The number of imidazole rings is 1. The smallest absolute Gasteiger partial charge is 0.274 e. The summed E-state index contributed by atoms with van der Waals surface area (Å²) in [7, 11) is 1.88. The van der Waals surface area contributed by atoms with E-state index in [0.29, 0.717) is 17.1 Å². The fourth-order valence-electron chi connectivity index (χ4n) is 1.94. The van der Waals surface area contributed by atoms with Crippen LogP contribution in [0.3, 0.4) is 0 Å². The molecule has 0 aromatic carbocycles. The fraction of sp³-hybridized carbons (Fsp3) is 0.0667. The van der Waals surface area contributed by atoms with Crippen LogP contribution in [0.25, 0.3) is 11.4 Å².